The molecule has 1 rings (SSSR count). The van der Waals surface area contributed by atoms with Crippen molar-refractivity contribution in [1.29, 1.82) is 0 Å². The summed E-state index contributed by atoms with van der Waals surface area (Å²) in [5.41, 5.74) is 0. The zero-order valence-electron chi connectivity index (χ0n) is 7.27. The van der Waals surface area contributed by atoms with E-state index in [0.29, 0.717) is 0 Å². The second-order valence-corrected chi connectivity index (χ2v) is 3.83. The maximum Gasteiger partial charge on any atom is -0.0329 e. The van der Waals surface area contributed by atoms with E-state index < -0.39 is 0 Å². The zero-order chi connectivity index (χ0) is 7.40. The van der Waals surface area contributed by atoms with E-state index in [4.69, 9.17) is 0 Å². The molecule has 0 N–H and O–H groups in total. The molecule has 0 unspecified atom stereocenters. The molecule has 1 saturated carbocycles. The van der Waals surface area contributed by atoms with E-state index in [1.165, 1.54) is 32.1 Å². The van der Waals surface area contributed by atoms with E-state index in [0.717, 1.165) is 11.8 Å². The van der Waals surface area contributed by atoms with Gasteiger partial charge in [-0.2, -0.15) is 0 Å². The number of hydrogen-bond acceptors (Lipinski definition) is 0. The quantitative estimate of drug-likeness (QED) is 0.550. The third-order valence-electron chi connectivity index (χ3n) is 2.31. The second kappa shape index (κ2) is 4.00. The van der Waals surface area contributed by atoms with E-state index in [1.54, 1.807) is 0 Å². The monoisotopic (exact) mass is 139 g/mol. The standard InChI is InChI=1S/C10H19/c1-9(2)8-10-6-4-3-5-7-10/h8-10H,3-7H2,1-2H3. The first-order valence-electron chi connectivity index (χ1n) is 4.64. The van der Waals surface area contributed by atoms with Crippen molar-refractivity contribution < 1.29 is 0 Å². The Morgan fingerprint density at radius 1 is 1.10 bits per heavy atom. The Balaban J connectivity index is 2.13. The summed E-state index contributed by atoms with van der Waals surface area (Å²) in [6.07, 6.45) is 9.85. The maximum absolute atomic E-state index is 2.53. The summed E-state index contributed by atoms with van der Waals surface area (Å²) in [6, 6.07) is 0. The van der Waals surface area contributed by atoms with Gasteiger partial charge in [0.2, 0.25) is 0 Å². The van der Waals surface area contributed by atoms with Gasteiger partial charge in [-0.1, -0.05) is 46.0 Å². The van der Waals surface area contributed by atoms with Crippen LogP contribution in [0.25, 0.3) is 0 Å². The fourth-order valence-corrected chi connectivity index (χ4v) is 1.87. The van der Waals surface area contributed by atoms with Gasteiger partial charge in [0.1, 0.15) is 0 Å². The Labute approximate surface area is 65.0 Å². The summed E-state index contributed by atoms with van der Waals surface area (Å²) in [5.74, 6) is 1.75. The summed E-state index contributed by atoms with van der Waals surface area (Å²) < 4.78 is 0. The highest BCUT2D eigenvalue weighted by Gasteiger charge is 2.14. The molecule has 1 fully saturated rings. The molecule has 0 heteroatoms. The average molecular weight is 139 g/mol. The van der Waals surface area contributed by atoms with Crippen molar-refractivity contribution in [2.24, 2.45) is 11.8 Å². The topological polar surface area (TPSA) is 0 Å². The lowest BCUT2D eigenvalue weighted by molar-refractivity contribution is 0.375. The zero-order valence-corrected chi connectivity index (χ0v) is 7.27. The molecule has 1 aliphatic rings. The second-order valence-electron chi connectivity index (χ2n) is 3.83. The van der Waals surface area contributed by atoms with E-state index in [9.17, 15) is 0 Å². The van der Waals surface area contributed by atoms with Crippen LogP contribution in [0, 0.1) is 18.3 Å². The molecule has 10 heavy (non-hydrogen) atoms. The highest BCUT2D eigenvalue weighted by atomic mass is 14.2. The molecule has 0 aromatic rings. The normalized spacial score (nSPS) is 21.9. The van der Waals surface area contributed by atoms with Crippen molar-refractivity contribution in [2.45, 2.75) is 46.0 Å². The molecular formula is C10H19. The van der Waals surface area contributed by atoms with Crippen molar-refractivity contribution in [3.8, 4) is 0 Å². The van der Waals surface area contributed by atoms with Gasteiger partial charge in [-0.15, -0.1) is 0 Å². The van der Waals surface area contributed by atoms with Gasteiger partial charge in [0, 0.05) is 0 Å². The third-order valence-corrected chi connectivity index (χ3v) is 2.31. The Morgan fingerprint density at radius 2 is 1.70 bits per heavy atom. The minimum atomic E-state index is 0.795. The van der Waals surface area contributed by atoms with Crippen molar-refractivity contribution in [1.82, 2.24) is 0 Å². The van der Waals surface area contributed by atoms with Crippen molar-refractivity contribution in [3.63, 3.8) is 0 Å². The van der Waals surface area contributed by atoms with Gasteiger partial charge in [-0.05, 0) is 18.3 Å². The van der Waals surface area contributed by atoms with Gasteiger partial charge in [-0.25, -0.2) is 0 Å². The fourth-order valence-electron chi connectivity index (χ4n) is 1.87. The molecule has 0 bridgehead atoms. The molecule has 0 saturated heterocycles. The summed E-state index contributed by atoms with van der Waals surface area (Å²) in [4.78, 5) is 0. The maximum atomic E-state index is 2.53. The fraction of sp³-hybridized carbons (Fsp3) is 0.900. The lowest BCUT2D eigenvalue weighted by Gasteiger charge is -2.22. The molecular weight excluding hydrogens is 120 g/mol. The van der Waals surface area contributed by atoms with Crippen LogP contribution >= 0.6 is 0 Å². The molecule has 59 valence electrons. The largest absolute Gasteiger partial charge is 0.0625 e. The Kier molecular flexibility index (Phi) is 3.24. The van der Waals surface area contributed by atoms with Crippen LogP contribution in [-0.2, 0) is 0 Å². The Morgan fingerprint density at radius 3 is 2.20 bits per heavy atom. The number of rotatable bonds is 2. The van der Waals surface area contributed by atoms with Crippen molar-refractivity contribution in [3.05, 3.63) is 6.42 Å². The predicted octanol–water partition coefficient (Wildman–Crippen LogP) is 3.43. The summed E-state index contributed by atoms with van der Waals surface area (Å²) >= 11 is 0. The van der Waals surface area contributed by atoms with Gasteiger partial charge >= 0.3 is 0 Å². The molecule has 0 amide bonds. The minimum Gasteiger partial charge on any atom is -0.0625 e. The van der Waals surface area contributed by atoms with Crippen molar-refractivity contribution >= 4 is 0 Å². The van der Waals surface area contributed by atoms with Crippen LogP contribution in [0.2, 0.25) is 0 Å². The van der Waals surface area contributed by atoms with Crippen LogP contribution in [0.3, 0.4) is 0 Å². The molecule has 0 aliphatic heterocycles. The van der Waals surface area contributed by atoms with Gasteiger partial charge in [-0.3, -0.25) is 0 Å². The van der Waals surface area contributed by atoms with Gasteiger partial charge in [0.05, 0.1) is 0 Å². The number of hydrogen-bond donors (Lipinski definition) is 0. The van der Waals surface area contributed by atoms with E-state index in [-0.39, 0.29) is 0 Å². The SMILES string of the molecule is CC(C)[CH]C1CCCCC1. The molecule has 0 aromatic carbocycles. The highest BCUT2D eigenvalue weighted by molar-refractivity contribution is 4.81. The predicted molar refractivity (Wildman–Crippen MR) is 45.7 cm³/mol. The summed E-state index contributed by atoms with van der Waals surface area (Å²) in [7, 11) is 0. The van der Waals surface area contributed by atoms with Crippen LogP contribution in [0.5, 0.6) is 0 Å². The summed E-state index contributed by atoms with van der Waals surface area (Å²) in [5, 5.41) is 0. The Hall–Kier alpha value is 0. The van der Waals surface area contributed by atoms with Crippen LogP contribution in [-0.4, -0.2) is 0 Å². The first-order chi connectivity index (χ1) is 4.79. The van der Waals surface area contributed by atoms with Crippen molar-refractivity contribution in [2.75, 3.05) is 0 Å². The van der Waals surface area contributed by atoms with Crippen LogP contribution < -0.4 is 0 Å². The highest BCUT2D eigenvalue weighted by Crippen LogP contribution is 2.27. The van der Waals surface area contributed by atoms with E-state index >= 15 is 0 Å². The molecule has 0 heterocycles. The van der Waals surface area contributed by atoms with Crippen LogP contribution in [0.4, 0.5) is 0 Å². The molecule has 0 atom stereocenters. The smallest absolute Gasteiger partial charge is 0.0329 e. The van der Waals surface area contributed by atoms with Gasteiger partial charge in [0.25, 0.3) is 0 Å². The van der Waals surface area contributed by atoms with E-state index in [1.807, 2.05) is 0 Å². The van der Waals surface area contributed by atoms with Gasteiger partial charge in [0.15, 0.2) is 0 Å². The molecule has 0 aromatic heterocycles. The lowest BCUT2D eigenvalue weighted by atomic mass is 9.84. The summed E-state index contributed by atoms with van der Waals surface area (Å²) in [6.45, 7) is 4.57. The average Bonchev–Trinajstić information content (AvgIpc) is 1.88. The lowest BCUT2D eigenvalue weighted by Crippen LogP contribution is -2.09. The van der Waals surface area contributed by atoms with Crippen LogP contribution in [0.15, 0.2) is 0 Å². The van der Waals surface area contributed by atoms with Gasteiger partial charge < -0.3 is 0 Å². The first kappa shape index (κ1) is 8.10. The molecule has 0 nitrogen and oxygen atoms in total. The molecule has 1 aliphatic carbocycles. The minimum absolute atomic E-state index is 0.795. The van der Waals surface area contributed by atoms with Crippen LogP contribution in [0.1, 0.15) is 46.0 Å². The Bertz CT molecular complexity index is 78.0. The molecule has 0 spiro atoms. The molecule has 1 radical (unpaired) electrons. The van der Waals surface area contributed by atoms with E-state index in [2.05, 4.69) is 20.3 Å². The third kappa shape index (κ3) is 2.72. The first-order valence-corrected chi connectivity index (χ1v) is 4.64.